The average Bonchev–Trinajstić information content (AvgIpc) is 3.03. The van der Waals surface area contributed by atoms with E-state index in [0.29, 0.717) is 10.6 Å². The Morgan fingerprint density at radius 3 is 2.32 bits per heavy atom. The summed E-state index contributed by atoms with van der Waals surface area (Å²) in [7, 11) is 0. The number of carbonyl (C=O) groups excluding carboxylic acids is 3. The van der Waals surface area contributed by atoms with E-state index in [9.17, 15) is 27.6 Å². The van der Waals surface area contributed by atoms with E-state index in [0.717, 1.165) is 12.1 Å². The van der Waals surface area contributed by atoms with Gasteiger partial charge in [-0.25, -0.2) is 4.79 Å². The van der Waals surface area contributed by atoms with Gasteiger partial charge in [-0.05, 0) is 42.8 Å². The van der Waals surface area contributed by atoms with Crippen molar-refractivity contribution in [3.05, 3.63) is 95.6 Å². The molecule has 1 aliphatic rings. The van der Waals surface area contributed by atoms with Crippen molar-refractivity contribution in [2.75, 3.05) is 5.32 Å². The molecule has 7 nitrogen and oxygen atoms in total. The molecule has 34 heavy (non-hydrogen) atoms. The normalized spacial score (nSPS) is 17.9. The van der Waals surface area contributed by atoms with E-state index >= 15 is 0 Å². The second-order valence-electron chi connectivity index (χ2n) is 7.75. The predicted molar refractivity (Wildman–Crippen MR) is 118 cm³/mol. The van der Waals surface area contributed by atoms with E-state index in [4.69, 9.17) is 0 Å². The van der Waals surface area contributed by atoms with Gasteiger partial charge in [-0.1, -0.05) is 48.5 Å². The quantitative estimate of drug-likeness (QED) is 0.479. The number of amides is 4. The van der Waals surface area contributed by atoms with Crippen LogP contribution in [0.15, 0.2) is 78.9 Å². The molecule has 4 rings (SSSR count). The number of imide groups is 1. The Bertz CT molecular complexity index is 1260. The molecule has 0 aliphatic carbocycles. The highest BCUT2D eigenvalue weighted by Gasteiger charge is 2.50. The monoisotopic (exact) mass is 468 g/mol. The van der Waals surface area contributed by atoms with Crippen molar-refractivity contribution in [2.45, 2.75) is 18.6 Å². The minimum atomic E-state index is -4.52. The molecule has 4 amide bonds. The maximum atomic E-state index is 13.0. The van der Waals surface area contributed by atoms with Crippen LogP contribution in [-0.4, -0.2) is 22.9 Å². The largest absolute Gasteiger partial charge is 0.416 e. The zero-order chi connectivity index (χ0) is 24.5. The summed E-state index contributed by atoms with van der Waals surface area (Å²) in [5.41, 5.74) is 0.938. The zero-order valence-electron chi connectivity index (χ0n) is 17.8. The number of rotatable bonds is 5. The van der Waals surface area contributed by atoms with Gasteiger partial charge in [-0.2, -0.15) is 18.2 Å². The molecule has 3 N–H and O–H groups in total. The summed E-state index contributed by atoms with van der Waals surface area (Å²) in [6.45, 7) is 1.53. The van der Waals surface area contributed by atoms with Crippen LogP contribution in [0.3, 0.4) is 0 Å². The van der Waals surface area contributed by atoms with E-state index in [1.54, 1.807) is 42.5 Å². The molecular formula is C24H19F3N4O3. The van der Waals surface area contributed by atoms with Crippen molar-refractivity contribution in [2.24, 2.45) is 0 Å². The summed E-state index contributed by atoms with van der Waals surface area (Å²) in [5, 5.41) is 5.96. The van der Waals surface area contributed by atoms with Gasteiger partial charge in [0.05, 0.1) is 16.8 Å². The van der Waals surface area contributed by atoms with E-state index < -0.39 is 35.1 Å². The SMILES string of the molecule is C[C@]1(c2ccccc2)NC(=O)N(NC(=O)c2ccccc2Nc2cccc(C(F)(F)F)c2)C1=O. The topological polar surface area (TPSA) is 90.5 Å². The number of halogens is 3. The van der Waals surface area contributed by atoms with Crippen molar-refractivity contribution in [3.8, 4) is 0 Å². The second kappa shape index (κ2) is 8.54. The lowest BCUT2D eigenvalue weighted by molar-refractivity contribution is -0.137. The van der Waals surface area contributed by atoms with Crippen molar-refractivity contribution in [1.82, 2.24) is 15.8 Å². The van der Waals surface area contributed by atoms with E-state index in [2.05, 4.69) is 16.1 Å². The molecule has 0 unspecified atom stereocenters. The lowest BCUT2D eigenvalue weighted by atomic mass is 9.92. The lowest BCUT2D eigenvalue weighted by Gasteiger charge is -2.22. The fraction of sp³-hybridized carbons (Fsp3) is 0.125. The Morgan fingerprint density at radius 2 is 1.62 bits per heavy atom. The molecular weight excluding hydrogens is 449 g/mol. The van der Waals surface area contributed by atoms with Crippen LogP contribution in [0.4, 0.5) is 29.3 Å². The first-order chi connectivity index (χ1) is 16.1. The van der Waals surface area contributed by atoms with Crippen molar-refractivity contribution < 1.29 is 27.6 Å². The summed E-state index contributed by atoms with van der Waals surface area (Å²) >= 11 is 0. The number of benzene rings is 3. The van der Waals surface area contributed by atoms with Crippen molar-refractivity contribution >= 4 is 29.2 Å². The number of urea groups is 1. The van der Waals surface area contributed by atoms with Gasteiger partial charge in [0, 0.05) is 5.69 Å². The number of carbonyl (C=O) groups is 3. The van der Waals surface area contributed by atoms with Crippen LogP contribution in [0.2, 0.25) is 0 Å². The molecule has 0 spiro atoms. The van der Waals surface area contributed by atoms with Crippen LogP contribution >= 0.6 is 0 Å². The number of anilines is 2. The fourth-order valence-electron chi connectivity index (χ4n) is 3.59. The molecule has 1 saturated heterocycles. The maximum Gasteiger partial charge on any atom is 0.416 e. The molecule has 0 saturated carbocycles. The van der Waals surface area contributed by atoms with Gasteiger partial charge in [-0.15, -0.1) is 0 Å². The first kappa shape index (κ1) is 22.8. The molecule has 174 valence electrons. The Morgan fingerprint density at radius 1 is 0.941 bits per heavy atom. The van der Waals surface area contributed by atoms with Gasteiger partial charge in [0.25, 0.3) is 11.8 Å². The second-order valence-corrected chi connectivity index (χ2v) is 7.75. The molecule has 3 aromatic rings. The molecule has 0 aromatic heterocycles. The van der Waals surface area contributed by atoms with Crippen LogP contribution < -0.4 is 16.1 Å². The molecule has 0 radical (unpaired) electrons. The van der Waals surface area contributed by atoms with Crippen molar-refractivity contribution in [1.29, 1.82) is 0 Å². The highest BCUT2D eigenvalue weighted by molar-refractivity contribution is 6.10. The highest BCUT2D eigenvalue weighted by atomic mass is 19.4. The van der Waals surface area contributed by atoms with Crippen LogP contribution in [0.1, 0.15) is 28.4 Å². The van der Waals surface area contributed by atoms with Gasteiger partial charge in [0.2, 0.25) is 0 Å². The van der Waals surface area contributed by atoms with Crippen LogP contribution in [0, 0.1) is 0 Å². The Hall–Kier alpha value is -4.34. The highest BCUT2D eigenvalue weighted by Crippen LogP contribution is 2.32. The summed E-state index contributed by atoms with van der Waals surface area (Å²) in [6, 6.07) is 18.3. The minimum absolute atomic E-state index is 0.0221. The van der Waals surface area contributed by atoms with Gasteiger partial charge in [-0.3, -0.25) is 15.0 Å². The number of alkyl halides is 3. The molecule has 0 bridgehead atoms. The van der Waals surface area contributed by atoms with Gasteiger partial charge in [0.1, 0.15) is 5.54 Å². The van der Waals surface area contributed by atoms with Crippen LogP contribution in [-0.2, 0) is 16.5 Å². The molecule has 1 aliphatic heterocycles. The molecule has 1 atom stereocenters. The molecule has 1 fully saturated rings. The summed E-state index contributed by atoms with van der Waals surface area (Å²) in [5.74, 6) is -1.48. The minimum Gasteiger partial charge on any atom is -0.355 e. The van der Waals surface area contributed by atoms with Gasteiger partial charge in [0.15, 0.2) is 0 Å². The number of para-hydroxylation sites is 1. The first-order valence-corrected chi connectivity index (χ1v) is 10.2. The third-order valence-electron chi connectivity index (χ3n) is 5.40. The zero-order valence-corrected chi connectivity index (χ0v) is 17.8. The summed E-state index contributed by atoms with van der Waals surface area (Å²) < 4.78 is 39.1. The standard InChI is InChI=1S/C24H19F3N4O3/c1-23(15-8-3-2-4-9-15)21(33)31(22(34)29-23)30-20(32)18-12-5-6-13-19(18)28-17-11-7-10-16(14-17)24(25,26)27/h2-14,28H,1H3,(H,29,34)(H,30,32)/t23-/m1/s1. The molecule has 10 heteroatoms. The maximum absolute atomic E-state index is 13.0. The Labute approximate surface area is 192 Å². The smallest absolute Gasteiger partial charge is 0.355 e. The fourth-order valence-corrected chi connectivity index (χ4v) is 3.59. The van der Waals surface area contributed by atoms with E-state index in [1.807, 2.05) is 0 Å². The molecule has 1 heterocycles. The number of nitrogens with one attached hydrogen (secondary N) is 3. The lowest BCUT2D eigenvalue weighted by Crippen LogP contribution is -2.48. The summed E-state index contributed by atoms with van der Waals surface area (Å²) in [6.07, 6.45) is -4.52. The van der Waals surface area contributed by atoms with Crippen LogP contribution in [0.5, 0.6) is 0 Å². The Balaban J connectivity index is 1.56. The number of hydrazine groups is 1. The third-order valence-corrected chi connectivity index (χ3v) is 5.40. The average molecular weight is 468 g/mol. The third kappa shape index (κ3) is 4.29. The van der Waals surface area contributed by atoms with Gasteiger partial charge >= 0.3 is 12.2 Å². The summed E-state index contributed by atoms with van der Waals surface area (Å²) in [4.78, 5) is 38.5. The first-order valence-electron chi connectivity index (χ1n) is 10.2. The van der Waals surface area contributed by atoms with E-state index in [-0.39, 0.29) is 16.9 Å². The number of nitrogens with zero attached hydrogens (tertiary/aromatic N) is 1. The van der Waals surface area contributed by atoms with Crippen LogP contribution in [0.25, 0.3) is 0 Å². The predicted octanol–water partition coefficient (Wildman–Crippen LogP) is 4.56. The van der Waals surface area contributed by atoms with Gasteiger partial charge < -0.3 is 10.6 Å². The number of hydrogen-bond acceptors (Lipinski definition) is 4. The van der Waals surface area contributed by atoms with Crippen molar-refractivity contribution in [3.63, 3.8) is 0 Å². The number of hydrogen-bond donors (Lipinski definition) is 3. The Kier molecular flexibility index (Phi) is 5.74. The van der Waals surface area contributed by atoms with E-state index in [1.165, 1.54) is 31.2 Å². The molecule has 3 aromatic carbocycles.